The lowest BCUT2D eigenvalue weighted by molar-refractivity contribution is 0.0524. The molecule has 0 aliphatic carbocycles. The summed E-state index contributed by atoms with van der Waals surface area (Å²) in [5.41, 5.74) is 2.08. The minimum Gasteiger partial charge on any atom is -0.471 e. The molecule has 12 nitrogen and oxygen atoms in total. The van der Waals surface area contributed by atoms with Gasteiger partial charge in [-0.1, -0.05) is 30.3 Å². The highest BCUT2D eigenvalue weighted by Crippen LogP contribution is 2.25. The maximum atomic E-state index is 12.1. The fourth-order valence-electron chi connectivity index (χ4n) is 3.58. The number of esters is 2. The Kier molecular flexibility index (Phi) is 6.62. The number of hydrogen-bond acceptors (Lipinski definition) is 10. The van der Waals surface area contributed by atoms with Gasteiger partial charge in [-0.2, -0.15) is 15.1 Å². The van der Waals surface area contributed by atoms with Crippen molar-refractivity contribution < 1.29 is 28.2 Å². The zero-order valence-corrected chi connectivity index (χ0v) is 20.0. The Morgan fingerprint density at radius 1 is 1.05 bits per heavy atom. The number of benzene rings is 1. The molecule has 0 unspecified atom stereocenters. The average Bonchev–Trinajstić information content (AvgIpc) is 3.68. The van der Waals surface area contributed by atoms with Gasteiger partial charge in [0, 0.05) is 6.20 Å². The van der Waals surface area contributed by atoms with E-state index in [4.69, 9.17) is 18.6 Å². The van der Waals surface area contributed by atoms with Crippen molar-refractivity contribution in [3.05, 3.63) is 83.8 Å². The molecule has 0 aliphatic heterocycles. The van der Waals surface area contributed by atoms with E-state index in [2.05, 4.69) is 20.1 Å². The fraction of sp³-hybridized carbons (Fsp3) is 0.200. The number of aromatic nitrogens is 6. The lowest BCUT2D eigenvalue weighted by Gasteiger charge is -2.10. The predicted octanol–water partition coefficient (Wildman–Crippen LogP) is 3.20. The molecule has 5 rings (SSSR count). The summed E-state index contributed by atoms with van der Waals surface area (Å²) in [7, 11) is 1.29. The van der Waals surface area contributed by atoms with Gasteiger partial charge in [0.1, 0.15) is 12.4 Å². The Hall–Kier alpha value is -5.00. The summed E-state index contributed by atoms with van der Waals surface area (Å²) in [4.78, 5) is 37.3. The van der Waals surface area contributed by atoms with Crippen molar-refractivity contribution in [3.63, 3.8) is 0 Å². The van der Waals surface area contributed by atoms with Gasteiger partial charge in [-0.3, -0.25) is 0 Å². The summed E-state index contributed by atoms with van der Waals surface area (Å²) in [6.07, 6.45) is 4.44. The number of furan rings is 1. The van der Waals surface area contributed by atoms with Gasteiger partial charge in [0.05, 0.1) is 38.3 Å². The number of rotatable bonds is 9. The smallest absolute Gasteiger partial charge is 0.373 e. The Morgan fingerprint density at radius 2 is 1.89 bits per heavy atom. The van der Waals surface area contributed by atoms with Gasteiger partial charge in [0.2, 0.25) is 11.6 Å². The van der Waals surface area contributed by atoms with Crippen molar-refractivity contribution in [2.75, 3.05) is 13.7 Å². The van der Waals surface area contributed by atoms with Crippen LogP contribution in [0.5, 0.6) is 5.88 Å². The van der Waals surface area contributed by atoms with Crippen LogP contribution in [0.3, 0.4) is 0 Å². The third kappa shape index (κ3) is 5.03. The van der Waals surface area contributed by atoms with Gasteiger partial charge in [-0.25, -0.2) is 19.3 Å². The second kappa shape index (κ2) is 10.3. The average molecular weight is 502 g/mol. The van der Waals surface area contributed by atoms with E-state index in [1.807, 2.05) is 30.3 Å². The molecule has 5 aromatic rings. The molecule has 0 saturated heterocycles. The number of imidazole rings is 1. The first-order valence-electron chi connectivity index (χ1n) is 11.3. The van der Waals surface area contributed by atoms with Crippen LogP contribution in [0, 0.1) is 0 Å². The minimum absolute atomic E-state index is 0.0945. The highest BCUT2D eigenvalue weighted by atomic mass is 16.5. The summed E-state index contributed by atoms with van der Waals surface area (Å²) < 4.78 is 24.6. The molecule has 37 heavy (non-hydrogen) atoms. The monoisotopic (exact) mass is 502 g/mol. The maximum absolute atomic E-state index is 12.1. The van der Waals surface area contributed by atoms with Crippen LogP contribution in [0.4, 0.5) is 0 Å². The quantitative estimate of drug-likeness (QED) is 0.276. The van der Waals surface area contributed by atoms with Crippen LogP contribution >= 0.6 is 0 Å². The highest BCUT2D eigenvalue weighted by molar-refractivity contribution is 5.89. The topological polar surface area (TPSA) is 136 Å². The van der Waals surface area contributed by atoms with Gasteiger partial charge in [0.25, 0.3) is 5.95 Å². The Bertz CT molecular complexity index is 1550. The zero-order chi connectivity index (χ0) is 25.8. The predicted molar refractivity (Wildman–Crippen MR) is 128 cm³/mol. The van der Waals surface area contributed by atoms with Crippen LogP contribution in [0.15, 0.2) is 65.6 Å². The van der Waals surface area contributed by atoms with Crippen molar-refractivity contribution in [2.45, 2.75) is 20.1 Å². The second-order valence-corrected chi connectivity index (χ2v) is 7.80. The van der Waals surface area contributed by atoms with E-state index in [1.54, 1.807) is 30.0 Å². The number of fused-ring (bicyclic) bond motifs is 1. The van der Waals surface area contributed by atoms with Crippen LogP contribution in [-0.2, 0) is 22.6 Å². The zero-order valence-electron chi connectivity index (χ0n) is 20.0. The number of carbonyl (C=O) groups excluding carboxylic acids is 2. The molecular weight excluding hydrogens is 480 g/mol. The first-order valence-corrected chi connectivity index (χ1v) is 11.3. The molecule has 0 bridgehead atoms. The van der Waals surface area contributed by atoms with Crippen LogP contribution in [0.1, 0.15) is 39.2 Å². The Labute approximate surface area is 210 Å². The molecule has 4 heterocycles. The number of ether oxygens (including phenoxy) is 3. The summed E-state index contributed by atoms with van der Waals surface area (Å²) in [6.45, 7) is 2.47. The Balaban J connectivity index is 1.51. The van der Waals surface area contributed by atoms with Crippen molar-refractivity contribution in [3.8, 4) is 11.8 Å². The minimum atomic E-state index is -0.567. The fourth-order valence-corrected chi connectivity index (χ4v) is 3.58. The summed E-state index contributed by atoms with van der Waals surface area (Å²) >= 11 is 0. The molecule has 4 aromatic heterocycles. The molecule has 1 aromatic carbocycles. The molecule has 12 heteroatoms. The first-order chi connectivity index (χ1) is 18.1. The van der Waals surface area contributed by atoms with Gasteiger partial charge >= 0.3 is 11.9 Å². The normalized spacial score (nSPS) is 11.0. The lowest BCUT2D eigenvalue weighted by Crippen LogP contribution is -2.08. The van der Waals surface area contributed by atoms with Crippen LogP contribution in [-0.4, -0.2) is 55.0 Å². The lowest BCUT2D eigenvalue weighted by atomic mass is 10.2. The summed E-state index contributed by atoms with van der Waals surface area (Å²) in [6, 6.07) is 12.9. The van der Waals surface area contributed by atoms with Gasteiger partial charge < -0.3 is 23.2 Å². The maximum Gasteiger partial charge on any atom is 0.373 e. The third-order valence-electron chi connectivity index (χ3n) is 5.32. The molecule has 0 spiro atoms. The van der Waals surface area contributed by atoms with E-state index in [-0.39, 0.29) is 42.9 Å². The van der Waals surface area contributed by atoms with E-state index < -0.39 is 11.9 Å². The largest absolute Gasteiger partial charge is 0.471 e. The Morgan fingerprint density at radius 3 is 2.68 bits per heavy atom. The van der Waals surface area contributed by atoms with Crippen molar-refractivity contribution in [2.24, 2.45) is 0 Å². The molecule has 0 N–H and O–H groups in total. The summed E-state index contributed by atoms with van der Waals surface area (Å²) in [5, 5.41) is 4.20. The van der Waals surface area contributed by atoms with E-state index in [1.165, 1.54) is 24.2 Å². The highest BCUT2D eigenvalue weighted by Gasteiger charge is 2.20. The molecule has 0 fully saturated rings. The third-order valence-corrected chi connectivity index (χ3v) is 5.32. The van der Waals surface area contributed by atoms with Gasteiger partial charge in [-0.15, -0.1) is 0 Å². The first kappa shape index (κ1) is 23.7. The molecular formula is C25H22N6O6. The van der Waals surface area contributed by atoms with Crippen LogP contribution in [0.25, 0.3) is 17.1 Å². The molecule has 0 atom stereocenters. The van der Waals surface area contributed by atoms with Gasteiger partial charge in [-0.05, 0) is 24.6 Å². The van der Waals surface area contributed by atoms with Gasteiger partial charge in [0.15, 0.2) is 11.2 Å². The molecule has 0 aliphatic rings. The van der Waals surface area contributed by atoms with Crippen LogP contribution in [0.2, 0.25) is 0 Å². The van der Waals surface area contributed by atoms with E-state index >= 15 is 0 Å². The molecule has 188 valence electrons. The second-order valence-electron chi connectivity index (χ2n) is 7.80. The standard InChI is InChI=1S/C25H22N6O6/c1-3-35-23(32)17-11-27-31(12-17)25-28-21-20(22(29-25)36-14-16-7-5-4-6-8-16)30(15-26-21)13-18-9-10-19(37-18)24(33)34-2/h4-12,15H,3,13-14H2,1-2H3. The van der Waals surface area contributed by atoms with Crippen molar-refractivity contribution in [1.29, 1.82) is 0 Å². The van der Waals surface area contributed by atoms with E-state index in [0.29, 0.717) is 16.9 Å². The number of carbonyl (C=O) groups is 2. The molecule has 0 amide bonds. The summed E-state index contributed by atoms with van der Waals surface area (Å²) in [5.74, 6) is -0.0370. The number of hydrogen-bond donors (Lipinski definition) is 0. The van der Waals surface area contributed by atoms with Crippen molar-refractivity contribution in [1.82, 2.24) is 29.3 Å². The number of methoxy groups -OCH3 is 1. The SMILES string of the molecule is CCOC(=O)c1cnn(-c2nc(OCc3ccccc3)c3c(ncn3Cc3ccc(C(=O)OC)o3)n2)c1. The van der Waals surface area contributed by atoms with E-state index in [9.17, 15) is 9.59 Å². The molecule has 0 radical (unpaired) electrons. The number of nitrogens with zero attached hydrogens (tertiary/aromatic N) is 6. The molecule has 0 saturated carbocycles. The van der Waals surface area contributed by atoms with E-state index in [0.717, 1.165) is 5.56 Å². The van der Waals surface area contributed by atoms with Crippen LogP contribution < -0.4 is 4.74 Å². The van der Waals surface area contributed by atoms with Crippen molar-refractivity contribution >= 4 is 23.1 Å².